The molecule has 0 radical (unpaired) electrons. The average Bonchev–Trinajstić information content (AvgIpc) is 3.60. The molecule has 1 amide bonds. The van der Waals surface area contributed by atoms with Gasteiger partial charge in [0.1, 0.15) is 12.2 Å². The van der Waals surface area contributed by atoms with Gasteiger partial charge in [0.15, 0.2) is 11.5 Å². The van der Waals surface area contributed by atoms with E-state index in [-0.39, 0.29) is 47.8 Å². The molecule has 11 nitrogen and oxygen atoms in total. The Hall–Kier alpha value is -3.22. The molecule has 0 bridgehead atoms. The fraction of sp³-hybridized carbons (Fsp3) is 0.381. The van der Waals surface area contributed by atoms with Gasteiger partial charge >= 0.3 is 0 Å². The highest BCUT2D eigenvalue weighted by Gasteiger charge is 2.28. The smallest absolute Gasteiger partial charge is 0.286 e. The third-order valence-electron chi connectivity index (χ3n) is 4.85. The topological polar surface area (TPSA) is 146 Å². The van der Waals surface area contributed by atoms with Gasteiger partial charge in [-0.2, -0.15) is 0 Å². The molecule has 0 aliphatic heterocycles. The number of methoxy groups -OCH3 is 2. The average molecular weight is 480 g/mol. The molecule has 0 heterocycles. The van der Waals surface area contributed by atoms with Crippen molar-refractivity contribution in [3.8, 4) is 11.5 Å². The minimum Gasteiger partial charge on any atom is -0.493 e. The van der Waals surface area contributed by atoms with Crippen molar-refractivity contribution in [2.75, 3.05) is 27.4 Å². The van der Waals surface area contributed by atoms with E-state index >= 15 is 0 Å². The van der Waals surface area contributed by atoms with E-state index in [1.165, 1.54) is 32.4 Å². The van der Waals surface area contributed by atoms with Crippen LogP contribution in [0.2, 0.25) is 0 Å². The van der Waals surface area contributed by atoms with E-state index < -0.39 is 26.5 Å². The maximum absolute atomic E-state index is 12.7. The molecular formula is C21H25N3O8S. The summed E-state index contributed by atoms with van der Waals surface area (Å²) in [5.74, 6) is -0.399. The van der Waals surface area contributed by atoms with E-state index in [2.05, 4.69) is 10.0 Å². The molecule has 0 unspecified atom stereocenters. The van der Waals surface area contributed by atoms with Crippen LogP contribution in [0.3, 0.4) is 0 Å². The number of benzene rings is 2. The maximum Gasteiger partial charge on any atom is 0.286 e. The Bertz CT molecular complexity index is 1120. The zero-order valence-corrected chi connectivity index (χ0v) is 19.0. The van der Waals surface area contributed by atoms with Gasteiger partial charge in [0, 0.05) is 25.8 Å². The summed E-state index contributed by atoms with van der Waals surface area (Å²) in [7, 11) is -0.715. The zero-order chi connectivity index (χ0) is 24.0. The Balaban J connectivity index is 1.71. The Kier molecular flexibility index (Phi) is 7.84. The molecule has 0 atom stereocenters. The van der Waals surface area contributed by atoms with E-state index in [0.29, 0.717) is 5.56 Å². The number of sulfonamides is 1. The summed E-state index contributed by atoms with van der Waals surface area (Å²) in [6.07, 6.45) is 1.67. The Labute approximate surface area is 191 Å². The molecule has 2 aromatic carbocycles. The number of nitrogens with one attached hydrogen (secondary N) is 2. The lowest BCUT2D eigenvalue weighted by Gasteiger charge is -2.13. The molecule has 1 fully saturated rings. The fourth-order valence-corrected chi connectivity index (χ4v) is 4.25. The van der Waals surface area contributed by atoms with Crippen molar-refractivity contribution in [2.45, 2.75) is 30.3 Å². The van der Waals surface area contributed by atoms with Crippen LogP contribution in [0.5, 0.6) is 11.5 Å². The van der Waals surface area contributed by atoms with Gasteiger partial charge in [-0.1, -0.05) is 12.1 Å². The first-order chi connectivity index (χ1) is 15.7. The largest absolute Gasteiger partial charge is 0.493 e. The summed E-state index contributed by atoms with van der Waals surface area (Å²) in [4.78, 5) is 23.7. The monoisotopic (exact) mass is 479 g/mol. The second kappa shape index (κ2) is 10.6. The van der Waals surface area contributed by atoms with Crippen LogP contribution in [0.25, 0.3) is 0 Å². The highest BCUT2D eigenvalue weighted by molar-refractivity contribution is 7.89. The molecule has 1 aliphatic carbocycles. The number of rotatable bonds is 12. The molecule has 1 aliphatic rings. The minimum absolute atomic E-state index is 0.00138. The molecular weight excluding hydrogens is 454 g/mol. The van der Waals surface area contributed by atoms with Crippen LogP contribution in [0.1, 0.15) is 28.8 Å². The first kappa shape index (κ1) is 24.4. The third-order valence-corrected chi connectivity index (χ3v) is 6.39. The predicted octanol–water partition coefficient (Wildman–Crippen LogP) is 2.00. The summed E-state index contributed by atoms with van der Waals surface area (Å²) in [6.45, 7) is 0.466. The van der Waals surface area contributed by atoms with Crippen LogP contribution in [0.4, 0.5) is 5.69 Å². The highest BCUT2D eigenvalue weighted by atomic mass is 32.2. The van der Waals surface area contributed by atoms with Gasteiger partial charge in [-0.05, 0) is 30.5 Å². The van der Waals surface area contributed by atoms with Crippen molar-refractivity contribution in [3.05, 3.63) is 57.6 Å². The van der Waals surface area contributed by atoms with Gasteiger partial charge in [-0.3, -0.25) is 14.9 Å². The summed E-state index contributed by atoms with van der Waals surface area (Å²) in [5.41, 5.74) is -0.0000551. The quantitative estimate of drug-likeness (QED) is 0.267. The third kappa shape index (κ3) is 6.40. The van der Waals surface area contributed by atoms with Crippen molar-refractivity contribution in [3.63, 3.8) is 0 Å². The number of amides is 1. The second-order valence-electron chi connectivity index (χ2n) is 7.34. The van der Waals surface area contributed by atoms with E-state index in [4.69, 9.17) is 14.2 Å². The number of hydrogen-bond acceptors (Lipinski definition) is 8. The predicted molar refractivity (Wildman–Crippen MR) is 118 cm³/mol. The SMILES string of the molecule is COCCOc1cc([N+](=O)[O-])c(C(=O)NCc2ccc(S(=O)(=O)NC3CC3)cc2)cc1OC. The Morgan fingerprint density at radius 2 is 1.82 bits per heavy atom. The van der Waals surface area contributed by atoms with Crippen molar-refractivity contribution < 1.29 is 32.3 Å². The maximum atomic E-state index is 12.7. The summed E-state index contributed by atoms with van der Waals surface area (Å²) in [5, 5.41) is 14.1. The van der Waals surface area contributed by atoms with Crippen LogP contribution in [0, 0.1) is 10.1 Å². The van der Waals surface area contributed by atoms with Gasteiger partial charge < -0.3 is 19.5 Å². The van der Waals surface area contributed by atoms with Crippen LogP contribution >= 0.6 is 0 Å². The van der Waals surface area contributed by atoms with Crippen molar-refractivity contribution in [1.29, 1.82) is 0 Å². The number of carbonyl (C=O) groups is 1. The lowest BCUT2D eigenvalue weighted by molar-refractivity contribution is -0.385. The van der Waals surface area contributed by atoms with Gasteiger partial charge in [-0.25, -0.2) is 13.1 Å². The van der Waals surface area contributed by atoms with Crippen LogP contribution in [0.15, 0.2) is 41.3 Å². The molecule has 12 heteroatoms. The summed E-state index contributed by atoms with van der Waals surface area (Å²) < 4.78 is 42.6. The normalized spacial score (nSPS) is 13.4. The van der Waals surface area contributed by atoms with Gasteiger partial charge in [0.05, 0.1) is 29.6 Å². The first-order valence-corrected chi connectivity index (χ1v) is 11.6. The van der Waals surface area contributed by atoms with E-state index in [1.807, 2.05) is 0 Å². The van der Waals surface area contributed by atoms with Gasteiger partial charge in [0.2, 0.25) is 10.0 Å². The molecule has 33 heavy (non-hydrogen) atoms. The minimum atomic E-state index is -3.57. The summed E-state index contributed by atoms with van der Waals surface area (Å²) >= 11 is 0. The number of nitro groups is 1. The van der Waals surface area contributed by atoms with Gasteiger partial charge in [-0.15, -0.1) is 0 Å². The summed E-state index contributed by atoms with van der Waals surface area (Å²) in [6, 6.07) is 8.42. The van der Waals surface area contributed by atoms with Crippen LogP contribution in [-0.4, -0.2) is 52.7 Å². The molecule has 178 valence electrons. The molecule has 0 spiro atoms. The van der Waals surface area contributed by atoms with Crippen LogP contribution < -0.4 is 19.5 Å². The van der Waals surface area contributed by atoms with E-state index in [0.717, 1.165) is 18.9 Å². The molecule has 1 saturated carbocycles. The number of nitro benzene ring substituents is 1. The number of nitrogens with zero attached hydrogens (tertiary/aromatic N) is 1. The zero-order valence-electron chi connectivity index (χ0n) is 18.2. The molecule has 0 aromatic heterocycles. The Morgan fingerprint density at radius 1 is 1.12 bits per heavy atom. The highest BCUT2D eigenvalue weighted by Crippen LogP contribution is 2.34. The van der Waals surface area contributed by atoms with Crippen molar-refractivity contribution in [2.24, 2.45) is 0 Å². The second-order valence-corrected chi connectivity index (χ2v) is 9.05. The van der Waals surface area contributed by atoms with Crippen molar-refractivity contribution in [1.82, 2.24) is 10.0 Å². The molecule has 3 rings (SSSR count). The Morgan fingerprint density at radius 3 is 2.39 bits per heavy atom. The van der Waals surface area contributed by atoms with Crippen molar-refractivity contribution >= 4 is 21.6 Å². The van der Waals surface area contributed by atoms with Crippen LogP contribution in [-0.2, 0) is 21.3 Å². The number of carbonyl (C=O) groups excluding carboxylic acids is 1. The lowest BCUT2D eigenvalue weighted by Crippen LogP contribution is -2.26. The molecule has 0 saturated heterocycles. The molecule has 2 N–H and O–H groups in total. The number of hydrogen-bond donors (Lipinski definition) is 2. The number of ether oxygens (including phenoxy) is 3. The fourth-order valence-electron chi connectivity index (χ4n) is 2.94. The first-order valence-electron chi connectivity index (χ1n) is 10.1. The van der Waals surface area contributed by atoms with E-state index in [9.17, 15) is 23.3 Å². The van der Waals surface area contributed by atoms with E-state index in [1.54, 1.807) is 12.1 Å². The standard InChI is InChI=1S/C21H25N3O8S/c1-30-9-10-32-20-12-18(24(26)27)17(11-19(20)31-2)21(25)22-13-14-3-7-16(8-4-14)33(28,29)23-15-5-6-15/h3-4,7-8,11-12,15,23H,5-6,9-10,13H2,1-2H3,(H,22,25). The molecule has 2 aromatic rings. The lowest BCUT2D eigenvalue weighted by atomic mass is 10.1. The van der Waals surface area contributed by atoms with Gasteiger partial charge in [0.25, 0.3) is 11.6 Å².